The second-order valence-corrected chi connectivity index (χ2v) is 8.08. The Bertz CT molecular complexity index is 1150. The Balaban J connectivity index is 1.79. The molecule has 2 aromatic heterocycles. The van der Waals surface area contributed by atoms with Gasteiger partial charge in [-0.25, -0.2) is 14.3 Å². The number of anilines is 3. The number of nitrogens with zero attached hydrogens (tertiary/aromatic N) is 5. The smallest absolute Gasteiger partial charge is 0.398 e. The van der Waals surface area contributed by atoms with Crippen molar-refractivity contribution in [2.45, 2.75) is 26.4 Å². The summed E-state index contributed by atoms with van der Waals surface area (Å²) in [4.78, 5) is 18.2. The van der Waals surface area contributed by atoms with Crippen molar-refractivity contribution in [3.63, 3.8) is 0 Å². The Labute approximate surface area is 195 Å². The average Bonchev–Trinajstić information content (AvgIpc) is 3.25. The van der Waals surface area contributed by atoms with Crippen LogP contribution in [0.5, 0.6) is 0 Å². The monoisotopic (exact) mass is 475 g/mol. The number of halogens is 2. The van der Waals surface area contributed by atoms with E-state index in [0.29, 0.717) is 44.5 Å². The fourth-order valence-corrected chi connectivity index (χ4v) is 3.84. The molecule has 33 heavy (non-hydrogen) atoms. The number of carboxylic acids is 1. The Kier molecular flexibility index (Phi) is 7.05. The fraction of sp³-hybridized carbons (Fsp3) is 0.364. The van der Waals surface area contributed by atoms with Gasteiger partial charge in [-0.2, -0.15) is 5.10 Å². The number of benzene rings is 1. The molecule has 11 heteroatoms. The van der Waals surface area contributed by atoms with Crippen LogP contribution < -0.4 is 14.8 Å². The first-order valence-electron chi connectivity index (χ1n) is 10.7. The number of hydrogen-bond acceptors (Lipinski definition) is 6. The van der Waals surface area contributed by atoms with Gasteiger partial charge in [0.05, 0.1) is 42.7 Å². The van der Waals surface area contributed by atoms with E-state index < -0.39 is 11.8 Å². The molecule has 0 atom stereocenters. The first kappa shape index (κ1) is 22.9. The summed E-state index contributed by atoms with van der Waals surface area (Å²) >= 11 is 5.96. The molecule has 1 aliphatic heterocycles. The van der Waals surface area contributed by atoms with E-state index in [9.17, 15) is 9.18 Å². The van der Waals surface area contributed by atoms with Crippen LogP contribution in [0.3, 0.4) is 0 Å². The van der Waals surface area contributed by atoms with E-state index in [1.165, 1.54) is 16.8 Å². The van der Waals surface area contributed by atoms with Crippen LogP contribution in [-0.4, -0.2) is 52.1 Å². The number of rotatable bonds is 8. The van der Waals surface area contributed by atoms with Crippen LogP contribution in [-0.2, 0) is 22.6 Å². The highest BCUT2D eigenvalue weighted by molar-refractivity contribution is 6.31. The molecule has 2 N–H and O–H groups in total. The standard InChI is InChI=1S/C22H24ClFN6O3/c1-2-5-29-13-17(15-11-25-30(12-15)14-20(31)32)21(28-6-8-33-9-7-28)27-22(29)26-16-3-4-19(24)18(23)10-16/h3-4,10-13H,2,5-9,14H2,1H3,(H,31,32)/p+1. The number of nitrogens with one attached hydrogen (secondary N) is 1. The van der Waals surface area contributed by atoms with Crippen molar-refractivity contribution in [1.29, 1.82) is 0 Å². The van der Waals surface area contributed by atoms with Gasteiger partial charge < -0.3 is 14.7 Å². The summed E-state index contributed by atoms with van der Waals surface area (Å²) < 4.78 is 22.5. The molecule has 0 spiro atoms. The third-order valence-electron chi connectivity index (χ3n) is 5.20. The van der Waals surface area contributed by atoms with Gasteiger partial charge in [-0.3, -0.25) is 9.48 Å². The van der Waals surface area contributed by atoms with E-state index in [1.54, 1.807) is 18.5 Å². The van der Waals surface area contributed by atoms with E-state index in [1.807, 2.05) is 10.8 Å². The normalized spacial score (nSPS) is 13.8. The minimum absolute atomic E-state index is 0.0258. The highest BCUT2D eigenvalue weighted by Gasteiger charge is 2.26. The van der Waals surface area contributed by atoms with E-state index >= 15 is 0 Å². The highest BCUT2D eigenvalue weighted by atomic mass is 35.5. The Morgan fingerprint density at radius 2 is 2.15 bits per heavy atom. The molecule has 0 bridgehead atoms. The maximum atomic E-state index is 13.6. The van der Waals surface area contributed by atoms with Crippen LogP contribution in [0.25, 0.3) is 11.1 Å². The zero-order valence-corrected chi connectivity index (χ0v) is 18.9. The third-order valence-corrected chi connectivity index (χ3v) is 5.49. The van der Waals surface area contributed by atoms with E-state index in [-0.39, 0.29) is 11.6 Å². The molecule has 0 saturated carbocycles. The van der Waals surface area contributed by atoms with Crippen LogP contribution in [0.2, 0.25) is 5.02 Å². The van der Waals surface area contributed by atoms with Crippen LogP contribution in [0, 0.1) is 5.82 Å². The molecule has 1 aliphatic rings. The summed E-state index contributed by atoms with van der Waals surface area (Å²) in [5.74, 6) is -0.131. The summed E-state index contributed by atoms with van der Waals surface area (Å²) in [6.07, 6.45) is 6.20. The number of morpholine rings is 1. The lowest BCUT2D eigenvalue weighted by atomic mass is 10.1. The summed E-state index contributed by atoms with van der Waals surface area (Å²) in [6.45, 7) is 5.03. The van der Waals surface area contributed by atoms with Crippen molar-refractivity contribution in [2.75, 3.05) is 36.5 Å². The molecule has 1 saturated heterocycles. The molecule has 174 valence electrons. The lowest BCUT2D eigenvalue weighted by Gasteiger charge is -2.27. The van der Waals surface area contributed by atoms with Crippen molar-refractivity contribution < 1.29 is 23.6 Å². The molecule has 1 fully saturated rings. The number of carbonyl (C=O) groups is 1. The lowest BCUT2D eigenvalue weighted by Crippen LogP contribution is -2.41. The molecular weight excluding hydrogens is 451 g/mol. The highest BCUT2D eigenvalue weighted by Crippen LogP contribution is 2.30. The minimum atomic E-state index is -0.963. The topological polar surface area (TPSA) is 96.4 Å². The van der Waals surface area contributed by atoms with Gasteiger partial charge in [0.2, 0.25) is 5.82 Å². The summed E-state index contributed by atoms with van der Waals surface area (Å²) in [5.41, 5.74) is 2.23. The zero-order valence-electron chi connectivity index (χ0n) is 18.2. The first-order valence-corrected chi connectivity index (χ1v) is 11.1. The fourth-order valence-electron chi connectivity index (χ4n) is 3.66. The van der Waals surface area contributed by atoms with Gasteiger partial charge in [0, 0.05) is 24.8 Å². The molecular formula is C22H25ClFN6O3+. The molecule has 0 unspecified atom stereocenters. The molecule has 0 amide bonds. The Morgan fingerprint density at radius 1 is 1.36 bits per heavy atom. The summed E-state index contributed by atoms with van der Waals surface area (Å²) in [6, 6.07) is 4.44. The van der Waals surface area contributed by atoms with Gasteiger partial charge in [-0.1, -0.05) is 23.5 Å². The quantitative estimate of drug-likeness (QED) is 0.483. The molecule has 0 radical (unpaired) electrons. The second-order valence-electron chi connectivity index (χ2n) is 7.67. The first-order chi connectivity index (χ1) is 15.9. The summed E-state index contributed by atoms with van der Waals surface area (Å²) in [7, 11) is 0. The Morgan fingerprint density at radius 3 is 2.85 bits per heavy atom. The van der Waals surface area contributed by atoms with Crippen molar-refractivity contribution in [3.05, 3.63) is 47.6 Å². The maximum absolute atomic E-state index is 13.6. The van der Waals surface area contributed by atoms with Crippen LogP contribution in [0.1, 0.15) is 13.3 Å². The van der Waals surface area contributed by atoms with Gasteiger partial charge in [0.1, 0.15) is 18.0 Å². The van der Waals surface area contributed by atoms with E-state index in [2.05, 4.69) is 22.2 Å². The van der Waals surface area contributed by atoms with Crippen molar-refractivity contribution in [3.8, 4) is 11.1 Å². The molecule has 1 aromatic carbocycles. The molecule has 4 rings (SSSR count). The largest absolute Gasteiger partial charge is 0.480 e. The average molecular weight is 476 g/mol. The van der Waals surface area contributed by atoms with Gasteiger partial charge in [-0.05, 0) is 24.6 Å². The van der Waals surface area contributed by atoms with Crippen molar-refractivity contribution in [2.24, 2.45) is 0 Å². The molecule has 0 aliphatic carbocycles. The number of carboxylic acid groups (broad SMARTS) is 1. The third kappa shape index (κ3) is 5.40. The summed E-state index contributed by atoms with van der Waals surface area (Å²) in [5, 5.41) is 16.6. The molecule has 3 aromatic rings. The second kappa shape index (κ2) is 10.1. The van der Waals surface area contributed by atoms with Crippen LogP contribution in [0.4, 0.5) is 21.8 Å². The van der Waals surface area contributed by atoms with Crippen molar-refractivity contribution in [1.82, 2.24) is 14.8 Å². The number of aryl methyl sites for hydroxylation is 1. The van der Waals surface area contributed by atoms with E-state index in [4.69, 9.17) is 26.4 Å². The van der Waals surface area contributed by atoms with Crippen LogP contribution >= 0.6 is 11.6 Å². The predicted molar refractivity (Wildman–Crippen MR) is 121 cm³/mol. The number of ether oxygens (including phenoxy) is 1. The van der Waals surface area contributed by atoms with E-state index in [0.717, 1.165) is 23.4 Å². The van der Waals surface area contributed by atoms with Crippen molar-refractivity contribution >= 4 is 35.0 Å². The Hall–Kier alpha value is -3.24. The van der Waals surface area contributed by atoms with Gasteiger partial charge >= 0.3 is 11.9 Å². The minimum Gasteiger partial charge on any atom is -0.480 e. The van der Waals surface area contributed by atoms with Gasteiger partial charge in [0.25, 0.3) is 0 Å². The zero-order chi connectivity index (χ0) is 23.4. The number of aliphatic carboxylic acids is 1. The SMILES string of the molecule is CCC[n+]1cc(-c2cnn(CC(=O)O)c2)c(N2CCOCC2)nc1Nc1ccc(F)c(Cl)c1. The molecule has 9 nitrogen and oxygen atoms in total. The lowest BCUT2D eigenvalue weighted by molar-refractivity contribution is -0.684. The van der Waals surface area contributed by atoms with Crippen LogP contribution in [0.15, 0.2) is 36.8 Å². The number of hydrogen-bond donors (Lipinski definition) is 2. The predicted octanol–water partition coefficient (Wildman–Crippen LogP) is 3.10. The number of aromatic nitrogens is 4. The van der Waals surface area contributed by atoms with Gasteiger partial charge in [-0.15, -0.1) is 0 Å². The van der Waals surface area contributed by atoms with Gasteiger partial charge in [0.15, 0.2) is 0 Å². The maximum Gasteiger partial charge on any atom is 0.398 e. The molecule has 3 heterocycles.